The molecule has 2 N–H and O–H groups in total. The number of benzene rings is 1. The van der Waals surface area contributed by atoms with Crippen LogP contribution >= 0.6 is 0 Å². The number of methoxy groups -OCH3 is 1. The summed E-state index contributed by atoms with van der Waals surface area (Å²) in [6.45, 7) is 0.956. The third kappa shape index (κ3) is 1.88. The zero-order valence-corrected chi connectivity index (χ0v) is 10.5. The number of nitrogens with two attached hydrogens (primary N) is 1. The first-order valence-electron chi connectivity index (χ1n) is 6.22. The summed E-state index contributed by atoms with van der Waals surface area (Å²) in [4.78, 5) is 4.52. The molecule has 1 unspecified atom stereocenters. The molecule has 2 aromatic rings. The minimum atomic E-state index is 0.276. The van der Waals surface area contributed by atoms with Crippen LogP contribution in [0.4, 0.5) is 0 Å². The molecule has 0 fully saturated rings. The Balaban J connectivity index is 1.97. The van der Waals surface area contributed by atoms with Gasteiger partial charge in [-0.15, -0.1) is 0 Å². The van der Waals surface area contributed by atoms with E-state index in [9.17, 15) is 0 Å². The average molecular weight is 243 g/mol. The van der Waals surface area contributed by atoms with Crippen molar-refractivity contribution in [1.29, 1.82) is 0 Å². The number of ether oxygens (including phenoxy) is 1. The van der Waals surface area contributed by atoms with Crippen molar-refractivity contribution in [1.82, 2.24) is 9.55 Å². The Labute approximate surface area is 106 Å². The van der Waals surface area contributed by atoms with Crippen molar-refractivity contribution < 1.29 is 4.74 Å². The van der Waals surface area contributed by atoms with Gasteiger partial charge in [0.15, 0.2) is 0 Å². The highest BCUT2D eigenvalue weighted by atomic mass is 16.5. The van der Waals surface area contributed by atoms with E-state index in [0.29, 0.717) is 0 Å². The Morgan fingerprint density at radius 2 is 2.11 bits per heavy atom. The van der Waals surface area contributed by atoms with Gasteiger partial charge in [0.05, 0.1) is 7.11 Å². The van der Waals surface area contributed by atoms with Crippen LogP contribution < -0.4 is 10.5 Å². The van der Waals surface area contributed by atoms with E-state index in [1.807, 2.05) is 30.5 Å². The molecule has 18 heavy (non-hydrogen) atoms. The van der Waals surface area contributed by atoms with Crippen LogP contribution in [0.2, 0.25) is 0 Å². The lowest BCUT2D eigenvalue weighted by Crippen LogP contribution is -2.30. The van der Waals surface area contributed by atoms with Gasteiger partial charge < -0.3 is 15.0 Å². The van der Waals surface area contributed by atoms with Gasteiger partial charge in [-0.2, -0.15) is 0 Å². The van der Waals surface area contributed by atoms with Crippen LogP contribution in [0.3, 0.4) is 0 Å². The molecule has 4 nitrogen and oxygen atoms in total. The SMILES string of the molecule is COc1ccc(-c2ncc3n2CCC(N)C3)cc1. The van der Waals surface area contributed by atoms with Gasteiger partial charge in [-0.3, -0.25) is 0 Å². The zero-order chi connectivity index (χ0) is 12.5. The van der Waals surface area contributed by atoms with E-state index < -0.39 is 0 Å². The van der Waals surface area contributed by atoms with Gasteiger partial charge in [-0.1, -0.05) is 0 Å². The second-order valence-electron chi connectivity index (χ2n) is 4.71. The van der Waals surface area contributed by atoms with Crippen LogP contribution in [0.25, 0.3) is 11.4 Å². The fourth-order valence-electron chi connectivity index (χ4n) is 2.46. The Bertz CT molecular complexity index is 545. The van der Waals surface area contributed by atoms with Crippen molar-refractivity contribution >= 4 is 0 Å². The lowest BCUT2D eigenvalue weighted by Gasteiger charge is -2.21. The molecule has 1 aliphatic heterocycles. The molecule has 1 aliphatic rings. The normalized spacial score (nSPS) is 18.4. The molecule has 4 heteroatoms. The molecule has 1 aromatic carbocycles. The van der Waals surface area contributed by atoms with E-state index in [0.717, 1.165) is 36.5 Å². The third-order valence-corrected chi connectivity index (χ3v) is 3.48. The topological polar surface area (TPSA) is 53.1 Å². The molecule has 1 atom stereocenters. The first kappa shape index (κ1) is 11.3. The second-order valence-corrected chi connectivity index (χ2v) is 4.71. The van der Waals surface area contributed by atoms with Gasteiger partial charge in [0, 0.05) is 36.5 Å². The number of hydrogen-bond donors (Lipinski definition) is 1. The Hall–Kier alpha value is -1.81. The summed E-state index contributed by atoms with van der Waals surface area (Å²) in [5.74, 6) is 1.89. The van der Waals surface area contributed by atoms with Crippen LogP contribution in [0.5, 0.6) is 5.75 Å². The van der Waals surface area contributed by atoms with E-state index >= 15 is 0 Å². The van der Waals surface area contributed by atoms with Crippen molar-refractivity contribution in [2.45, 2.75) is 25.4 Å². The summed E-state index contributed by atoms with van der Waals surface area (Å²) in [6.07, 6.45) is 3.88. The second kappa shape index (κ2) is 4.46. The van der Waals surface area contributed by atoms with Gasteiger partial charge in [-0.05, 0) is 30.7 Å². The molecule has 0 saturated carbocycles. The predicted molar refractivity (Wildman–Crippen MR) is 70.5 cm³/mol. The Morgan fingerprint density at radius 1 is 1.33 bits per heavy atom. The summed E-state index contributed by atoms with van der Waals surface area (Å²) in [5.41, 5.74) is 8.34. The number of aromatic nitrogens is 2. The number of rotatable bonds is 2. The monoisotopic (exact) mass is 243 g/mol. The van der Waals surface area contributed by atoms with Crippen LogP contribution in [0.1, 0.15) is 12.1 Å². The number of fused-ring (bicyclic) bond motifs is 1. The van der Waals surface area contributed by atoms with E-state index in [1.165, 1.54) is 5.69 Å². The van der Waals surface area contributed by atoms with E-state index in [-0.39, 0.29) is 6.04 Å². The lowest BCUT2D eigenvalue weighted by molar-refractivity contribution is 0.415. The summed E-state index contributed by atoms with van der Waals surface area (Å²) in [7, 11) is 1.67. The molecule has 0 radical (unpaired) electrons. The lowest BCUT2D eigenvalue weighted by atomic mass is 10.1. The van der Waals surface area contributed by atoms with Crippen molar-refractivity contribution in [3.05, 3.63) is 36.2 Å². The Morgan fingerprint density at radius 3 is 2.83 bits per heavy atom. The largest absolute Gasteiger partial charge is 0.497 e. The van der Waals surface area contributed by atoms with E-state index in [2.05, 4.69) is 9.55 Å². The molecule has 0 saturated heterocycles. The maximum atomic E-state index is 5.98. The first-order chi connectivity index (χ1) is 8.78. The van der Waals surface area contributed by atoms with Crippen molar-refractivity contribution in [3.63, 3.8) is 0 Å². The molecular weight excluding hydrogens is 226 g/mol. The van der Waals surface area contributed by atoms with Crippen LogP contribution in [0.15, 0.2) is 30.5 Å². The highest BCUT2D eigenvalue weighted by Gasteiger charge is 2.19. The molecule has 0 aliphatic carbocycles. The number of nitrogens with zero attached hydrogens (tertiary/aromatic N) is 2. The summed E-state index contributed by atoms with van der Waals surface area (Å²) in [6, 6.07) is 8.29. The first-order valence-corrected chi connectivity index (χ1v) is 6.22. The highest BCUT2D eigenvalue weighted by molar-refractivity contribution is 5.57. The standard InChI is InChI=1S/C14H17N3O/c1-18-13-4-2-10(3-5-13)14-16-9-12-8-11(15)6-7-17(12)14/h2-5,9,11H,6-8,15H2,1H3. The quantitative estimate of drug-likeness (QED) is 0.875. The maximum absolute atomic E-state index is 5.98. The fourth-order valence-corrected chi connectivity index (χ4v) is 2.46. The summed E-state index contributed by atoms with van der Waals surface area (Å²) in [5, 5.41) is 0. The molecule has 0 bridgehead atoms. The zero-order valence-electron chi connectivity index (χ0n) is 10.5. The van der Waals surface area contributed by atoms with Gasteiger partial charge >= 0.3 is 0 Å². The molecule has 0 amide bonds. The van der Waals surface area contributed by atoms with Gasteiger partial charge in [0.25, 0.3) is 0 Å². The van der Waals surface area contributed by atoms with E-state index in [4.69, 9.17) is 10.5 Å². The van der Waals surface area contributed by atoms with Gasteiger partial charge in [0.1, 0.15) is 11.6 Å². The average Bonchev–Trinajstić information content (AvgIpc) is 2.81. The molecule has 94 valence electrons. The fraction of sp³-hybridized carbons (Fsp3) is 0.357. The molecule has 3 rings (SSSR count). The van der Waals surface area contributed by atoms with Crippen LogP contribution in [-0.4, -0.2) is 22.7 Å². The van der Waals surface area contributed by atoms with Crippen LogP contribution in [-0.2, 0) is 13.0 Å². The highest BCUT2D eigenvalue weighted by Crippen LogP contribution is 2.25. The third-order valence-electron chi connectivity index (χ3n) is 3.48. The Kier molecular flexibility index (Phi) is 2.80. The molecule has 0 spiro atoms. The van der Waals surface area contributed by atoms with Crippen molar-refractivity contribution in [2.24, 2.45) is 5.73 Å². The van der Waals surface area contributed by atoms with Crippen molar-refractivity contribution in [2.75, 3.05) is 7.11 Å². The molecular formula is C14H17N3O. The number of hydrogen-bond acceptors (Lipinski definition) is 3. The van der Waals surface area contributed by atoms with E-state index in [1.54, 1.807) is 7.11 Å². The molecule has 1 aromatic heterocycles. The number of imidazole rings is 1. The smallest absolute Gasteiger partial charge is 0.140 e. The molecule has 2 heterocycles. The maximum Gasteiger partial charge on any atom is 0.140 e. The predicted octanol–water partition coefficient (Wildman–Crippen LogP) is 1.83. The minimum absolute atomic E-state index is 0.276. The van der Waals surface area contributed by atoms with Gasteiger partial charge in [0.2, 0.25) is 0 Å². The van der Waals surface area contributed by atoms with Crippen molar-refractivity contribution in [3.8, 4) is 17.1 Å². The minimum Gasteiger partial charge on any atom is -0.497 e. The summed E-state index contributed by atoms with van der Waals surface area (Å²) >= 11 is 0. The summed E-state index contributed by atoms with van der Waals surface area (Å²) < 4.78 is 7.44. The van der Waals surface area contributed by atoms with Gasteiger partial charge in [-0.25, -0.2) is 4.98 Å². The van der Waals surface area contributed by atoms with Crippen LogP contribution in [0, 0.1) is 0 Å².